The fourth-order valence-electron chi connectivity index (χ4n) is 1.35. The van der Waals surface area contributed by atoms with Gasteiger partial charge < -0.3 is 10.1 Å². The van der Waals surface area contributed by atoms with Crippen molar-refractivity contribution >= 4 is 11.6 Å². The fraction of sp³-hybridized carbons (Fsp3) is 0.167. The molecule has 0 spiro atoms. The van der Waals surface area contributed by atoms with E-state index >= 15 is 0 Å². The Kier molecular flexibility index (Phi) is 4.07. The van der Waals surface area contributed by atoms with Crippen LogP contribution in [0.1, 0.15) is 5.69 Å². The number of hydrogen-bond acceptors (Lipinski definition) is 4. The highest BCUT2D eigenvalue weighted by molar-refractivity contribution is 6.30. The molecule has 1 aromatic heterocycles. The van der Waals surface area contributed by atoms with Crippen LogP contribution < -0.4 is 10.1 Å². The Labute approximate surface area is 109 Å². The second kappa shape index (κ2) is 5.75. The lowest BCUT2D eigenvalue weighted by Crippen LogP contribution is -2.07. The molecule has 4 nitrogen and oxygen atoms in total. The van der Waals surface area contributed by atoms with Crippen molar-refractivity contribution < 1.29 is 9.13 Å². The van der Waals surface area contributed by atoms with E-state index in [1.165, 1.54) is 12.1 Å². The number of benzene rings is 1. The predicted octanol–water partition coefficient (Wildman–Crippen LogP) is 2.78. The largest absolute Gasteiger partial charge is 0.434 e. The second-order valence-electron chi connectivity index (χ2n) is 3.55. The molecule has 18 heavy (non-hydrogen) atoms. The smallest absolute Gasteiger partial charge is 0.239 e. The number of hydrogen-bond donors (Lipinski definition) is 1. The molecule has 0 aliphatic carbocycles. The second-order valence-corrected chi connectivity index (χ2v) is 3.95. The van der Waals surface area contributed by atoms with E-state index in [9.17, 15) is 4.39 Å². The van der Waals surface area contributed by atoms with Crippen molar-refractivity contribution in [2.75, 3.05) is 7.05 Å². The van der Waals surface area contributed by atoms with Gasteiger partial charge in [0.05, 0.1) is 10.7 Å². The Bertz CT molecular complexity index is 533. The summed E-state index contributed by atoms with van der Waals surface area (Å²) >= 11 is 5.65. The molecule has 0 radical (unpaired) electrons. The van der Waals surface area contributed by atoms with E-state index in [1.54, 1.807) is 18.2 Å². The molecule has 0 bridgehead atoms. The number of nitrogens with one attached hydrogen (secondary N) is 1. The molecule has 1 heterocycles. The lowest BCUT2D eigenvalue weighted by atomic mass is 10.3. The van der Waals surface area contributed by atoms with Crippen LogP contribution in [0.2, 0.25) is 5.02 Å². The summed E-state index contributed by atoms with van der Waals surface area (Å²) in [4.78, 5) is 0. The van der Waals surface area contributed by atoms with E-state index in [0.717, 1.165) is 5.69 Å². The average Bonchev–Trinajstić information content (AvgIpc) is 2.38. The third-order valence-electron chi connectivity index (χ3n) is 2.18. The first kappa shape index (κ1) is 12.7. The molecule has 2 rings (SSSR count). The first-order chi connectivity index (χ1) is 8.70. The van der Waals surface area contributed by atoms with Crippen LogP contribution in [0.4, 0.5) is 4.39 Å². The van der Waals surface area contributed by atoms with Crippen LogP contribution >= 0.6 is 11.6 Å². The normalized spacial score (nSPS) is 10.4. The summed E-state index contributed by atoms with van der Waals surface area (Å²) in [5.41, 5.74) is 0.774. The van der Waals surface area contributed by atoms with Crippen molar-refractivity contribution in [3.05, 3.63) is 46.9 Å². The summed E-state index contributed by atoms with van der Waals surface area (Å²) in [6.07, 6.45) is 0. The number of halogens is 2. The van der Waals surface area contributed by atoms with Crippen molar-refractivity contribution in [1.29, 1.82) is 0 Å². The average molecular weight is 268 g/mol. The van der Waals surface area contributed by atoms with Crippen molar-refractivity contribution in [1.82, 2.24) is 15.5 Å². The van der Waals surface area contributed by atoms with Crippen molar-refractivity contribution in [3.8, 4) is 11.6 Å². The first-order valence-electron chi connectivity index (χ1n) is 5.30. The monoisotopic (exact) mass is 267 g/mol. The molecule has 1 aromatic carbocycles. The molecular formula is C12H11ClFN3O. The molecule has 0 saturated carbocycles. The summed E-state index contributed by atoms with van der Waals surface area (Å²) < 4.78 is 18.8. The zero-order valence-electron chi connectivity index (χ0n) is 9.65. The van der Waals surface area contributed by atoms with Crippen LogP contribution in [0.5, 0.6) is 11.6 Å². The molecular weight excluding hydrogens is 257 g/mol. The summed E-state index contributed by atoms with van der Waals surface area (Å²) in [6.45, 7) is 0.610. The molecule has 0 aliphatic heterocycles. The van der Waals surface area contributed by atoms with E-state index in [4.69, 9.17) is 16.3 Å². The van der Waals surface area contributed by atoms with Crippen LogP contribution in [-0.2, 0) is 6.54 Å². The van der Waals surface area contributed by atoms with Crippen LogP contribution in [0, 0.1) is 5.82 Å². The zero-order chi connectivity index (χ0) is 13.0. The molecule has 2 aromatic rings. The quantitative estimate of drug-likeness (QED) is 0.925. The van der Waals surface area contributed by atoms with Gasteiger partial charge in [-0.25, -0.2) is 4.39 Å². The lowest BCUT2D eigenvalue weighted by molar-refractivity contribution is 0.421. The molecule has 94 valence electrons. The molecule has 0 atom stereocenters. The van der Waals surface area contributed by atoms with E-state index < -0.39 is 5.82 Å². The summed E-state index contributed by atoms with van der Waals surface area (Å²) in [6, 6.07) is 7.90. The third-order valence-corrected chi connectivity index (χ3v) is 2.48. The van der Waals surface area contributed by atoms with E-state index in [-0.39, 0.29) is 16.7 Å². The van der Waals surface area contributed by atoms with Gasteiger partial charge in [-0.15, -0.1) is 5.10 Å². The maximum atomic E-state index is 13.6. The fourth-order valence-corrected chi connectivity index (χ4v) is 1.52. The maximum Gasteiger partial charge on any atom is 0.239 e. The minimum Gasteiger partial charge on any atom is -0.434 e. The topological polar surface area (TPSA) is 47.0 Å². The number of aromatic nitrogens is 2. The number of ether oxygens (including phenoxy) is 1. The van der Waals surface area contributed by atoms with Gasteiger partial charge in [-0.05, 0) is 25.2 Å². The Hall–Kier alpha value is -1.72. The van der Waals surface area contributed by atoms with Gasteiger partial charge in [0.15, 0.2) is 11.6 Å². The maximum absolute atomic E-state index is 13.6. The Morgan fingerprint density at radius 1 is 1.28 bits per heavy atom. The van der Waals surface area contributed by atoms with Crippen molar-refractivity contribution in [2.24, 2.45) is 0 Å². The van der Waals surface area contributed by atoms with Crippen molar-refractivity contribution in [2.45, 2.75) is 6.54 Å². The van der Waals surface area contributed by atoms with E-state index in [1.807, 2.05) is 7.05 Å². The van der Waals surface area contributed by atoms with Gasteiger partial charge in [0.25, 0.3) is 0 Å². The summed E-state index contributed by atoms with van der Waals surface area (Å²) in [5, 5.41) is 10.7. The molecule has 0 saturated heterocycles. The van der Waals surface area contributed by atoms with E-state index in [2.05, 4.69) is 15.5 Å². The lowest BCUT2D eigenvalue weighted by Gasteiger charge is -2.06. The molecule has 0 amide bonds. The standard InChI is InChI=1S/C12H11ClFN3O/c1-15-7-8-5-6-11(17-16-8)18-10-4-2-3-9(13)12(10)14/h2-6,15H,7H2,1H3. The molecule has 0 aliphatic rings. The van der Waals surface area contributed by atoms with Gasteiger partial charge in [-0.3, -0.25) is 0 Å². The van der Waals surface area contributed by atoms with Gasteiger partial charge >= 0.3 is 0 Å². The highest BCUT2D eigenvalue weighted by Gasteiger charge is 2.09. The van der Waals surface area contributed by atoms with Crippen LogP contribution in [0.3, 0.4) is 0 Å². The minimum atomic E-state index is -0.611. The highest BCUT2D eigenvalue weighted by Crippen LogP contribution is 2.27. The highest BCUT2D eigenvalue weighted by atomic mass is 35.5. The predicted molar refractivity (Wildman–Crippen MR) is 66.3 cm³/mol. The van der Waals surface area contributed by atoms with Crippen LogP contribution in [0.25, 0.3) is 0 Å². The first-order valence-corrected chi connectivity index (χ1v) is 5.67. The SMILES string of the molecule is CNCc1ccc(Oc2cccc(Cl)c2F)nn1. The van der Waals surface area contributed by atoms with Gasteiger partial charge in [-0.2, -0.15) is 5.10 Å². The van der Waals surface area contributed by atoms with Gasteiger partial charge in [0.2, 0.25) is 5.88 Å². The molecule has 6 heteroatoms. The number of nitrogens with zero attached hydrogens (tertiary/aromatic N) is 2. The minimum absolute atomic E-state index is 0.00672. The van der Waals surface area contributed by atoms with Gasteiger partial charge in [-0.1, -0.05) is 17.7 Å². The summed E-state index contributed by atoms with van der Waals surface area (Å²) in [5.74, 6) is -0.366. The Balaban J connectivity index is 2.16. The van der Waals surface area contributed by atoms with Crippen LogP contribution in [-0.4, -0.2) is 17.2 Å². The van der Waals surface area contributed by atoms with E-state index in [0.29, 0.717) is 6.54 Å². The molecule has 0 fully saturated rings. The summed E-state index contributed by atoms with van der Waals surface area (Å²) in [7, 11) is 1.81. The van der Waals surface area contributed by atoms with Crippen LogP contribution in [0.15, 0.2) is 30.3 Å². The van der Waals surface area contributed by atoms with Gasteiger partial charge in [0, 0.05) is 12.6 Å². The third kappa shape index (κ3) is 2.94. The van der Waals surface area contributed by atoms with Gasteiger partial charge in [0.1, 0.15) is 0 Å². The molecule has 0 unspecified atom stereocenters. The zero-order valence-corrected chi connectivity index (χ0v) is 10.4. The number of rotatable bonds is 4. The Morgan fingerprint density at radius 2 is 2.11 bits per heavy atom. The Morgan fingerprint density at radius 3 is 2.78 bits per heavy atom. The molecule has 1 N–H and O–H groups in total. The van der Waals surface area contributed by atoms with Crippen molar-refractivity contribution in [3.63, 3.8) is 0 Å².